The molecule has 0 amide bonds. The van der Waals surface area contributed by atoms with Gasteiger partial charge in [0, 0.05) is 23.3 Å². The lowest BCUT2D eigenvalue weighted by Gasteiger charge is -2.28. The van der Waals surface area contributed by atoms with Gasteiger partial charge in [-0.25, -0.2) is 0 Å². The number of aliphatic hydroxyl groups excluding tert-OH is 1. The Morgan fingerprint density at radius 3 is 2.56 bits per heavy atom. The molecule has 0 atom stereocenters. The molecule has 0 aromatic carbocycles. The van der Waals surface area contributed by atoms with E-state index < -0.39 is 0 Å². The molecule has 3 N–H and O–H groups in total. The molecule has 16 heavy (non-hydrogen) atoms. The molecule has 4 heteroatoms. The molecule has 1 aromatic rings. The van der Waals surface area contributed by atoms with Crippen LogP contribution in [0.15, 0.2) is 0 Å². The summed E-state index contributed by atoms with van der Waals surface area (Å²) in [5.74, 6) is 0. The Morgan fingerprint density at radius 2 is 2.06 bits per heavy atom. The van der Waals surface area contributed by atoms with Crippen LogP contribution in [0.4, 0.5) is 0 Å². The Bertz CT molecular complexity index is 334. The monoisotopic (exact) mass is 223 g/mol. The second kappa shape index (κ2) is 4.55. The maximum atomic E-state index is 9.50. The maximum Gasteiger partial charge on any atom is 0.0638 e. The number of aliphatic hydroxyl groups is 1. The molecule has 0 bridgehead atoms. The van der Waals surface area contributed by atoms with Crippen LogP contribution >= 0.6 is 0 Å². The van der Waals surface area contributed by atoms with Crippen molar-refractivity contribution in [2.45, 2.75) is 51.6 Å². The average molecular weight is 223 g/mol. The molecule has 1 aliphatic rings. The summed E-state index contributed by atoms with van der Waals surface area (Å²) < 4.78 is 0. The predicted octanol–water partition coefficient (Wildman–Crippen LogP) is 1.42. The Hall–Kier alpha value is -0.870. The predicted molar refractivity (Wildman–Crippen MR) is 63.2 cm³/mol. The first-order chi connectivity index (χ1) is 7.67. The number of H-pyrrole nitrogens is 1. The van der Waals surface area contributed by atoms with E-state index in [1.165, 1.54) is 18.4 Å². The van der Waals surface area contributed by atoms with Gasteiger partial charge in [0.05, 0.1) is 12.3 Å². The van der Waals surface area contributed by atoms with Crippen molar-refractivity contribution < 1.29 is 5.11 Å². The summed E-state index contributed by atoms with van der Waals surface area (Å²) in [5, 5.41) is 20.2. The highest BCUT2D eigenvalue weighted by atomic mass is 16.3. The zero-order valence-corrected chi connectivity index (χ0v) is 10.1. The highest BCUT2D eigenvalue weighted by Gasteiger charge is 2.32. The van der Waals surface area contributed by atoms with E-state index in [9.17, 15) is 5.11 Å². The highest BCUT2D eigenvalue weighted by molar-refractivity contribution is 5.23. The van der Waals surface area contributed by atoms with Gasteiger partial charge in [0.1, 0.15) is 0 Å². The summed E-state index contributed by atoms with van der Waals surface area (Å²) in [6.07, 6.45) is 4.60. The van der Waals surface area contributed by atoms with Crippen molar-refractivity contribution >= 4 is 0 Å². The lowest BCUT2D eigenvalue weighted by Crippen LogP contribution is -2.45. The van der Waals surface area contributed by atoms with Crippen LogP contribution in [0, 0.1) is 13.8 Å². The summed E-state index contributed by atoms with van der Waals surface area (Å²) in [4.78, 5) is 0. The minimum Gasteiger partial charge on any atom is -0.394 e. The third-order valence-electron chi connectivity index (χ3n) is 3.78. The van der Waals surface area contributed by atoms with Crippen LogP contribution < -0.4 is 5.32 Å². The van der Waals surface area contributed by atoms with Crippen molar-refractivity contribution in [2.24, 2.45) is 0 Å². The van der Waals surface area contributed by atoms with E-state index >= 15 is 0 Å². The van der Waals surface area contributed by atoms with Crippen molar-refractivity contribution in [1.29, 1.82) is 0 Å². The van der Waals surface area contributed by atoms with E-state index in [-0.39, 0.29) is 12.1 Å². The van der Waals surface area contributed by atoms with Gasteiger partial charge in [0.25, 0.3) is 0 Å². The topological polar surface area (TPSA) is 60.9 Å². The van der Waals surface area contributed by atoms with Gasteiger partial charge < -0.3 is 10.4 Å². The van der Waals surface area contributed by atoms with E-state index in [1.54, 1.807) is 0 Å². The van der Waals surface area contributed by atoms with Crippen LogP contribution in [0.25, 0.3) is 0 Å². The third kappa shape index (κ3) is 2.13. The van der Waals surface area contributed by atoms with Gasteiger partial charge in [-0.05, 0) is 26.7 Å². The molecule has 2 rings (SSSR count). The summed E-state index contributed by atoms with van der Waals surface area (Å²) in [6.45, 7) is 5.09. The number of aromatic nitrogens is 2. The van der Waals surface area contributed by atoms with Crippen molar-refractivity contribution in [1.82, 2.24) is 15.5 Å². The molecular weight excluding hydrogens is 202 g/mol. The van der Waals surface area contributed by atoms with E-state index in [2.05, 4.69) is 15.5 Å². The smallest absolute Gasteiger partial charge is 0.0638 e. The third-order valence-corrected chi connectivity index (χ3v) is 3.78. The number of aryl methyl sites for hydroxylation is 2. The molecule has 0 radical (unpaired) electrons. The Balaban J connectivity index is 2.01. The fourth-order valence-electron chi connectivity index (χ4n) is 2.55. The second-order valence-electron chi connectivity index (χ2n) is 4.91. The van der Waals surface area contributed by atoms with Crippen LogP contribution in [0.2, 0.25) is 0 Å². The molecule has 1 heterocycles. The van der Waals surface area contributed by atoms with Crippen molar-refractivity contribution in [3.63, 3.8) is 0 Å². The molecular formula is C12H21N3O. The highest BCUT2D eigenvalue weighted by Crippen LogP contribution is 2.29. The minimum atomic E-state index is -0.0455. The van der Waals surface area contributed by atoms with Crippen LogP contribution in [0.5, 0.6) is 0 Å². The quantitative estimate of drug-likeness (QED) is 0.723. The number of aromatic amines is 1. The number of nitrogens with zero attached hydrogens (tertiary/aromatic N) is 1. The molecule has 0 spiro atoms. The van der Waals surface area contributed by atoms with Gasteiger partial charge in [-0.2, -0.15) is 5.10 Å². The van der Waals surface area contributed by atoms with Crippen molar-refractivity contribution in [2.75, 3.05) is 6.61 Å². The van der Waals surface area contributed by atoms with E-state index in [1.807, 2.05) is 13.8 Å². The van der Waals surface area contributed by atoms with Crippen molar-refractivity contribution in [3.05, 3.63) is 17.0 Å². The first-order valence-electron chi connectivity index (χ1n) is 6.03. The van der Waals surface area contributed by atoms with Gasteiger partial charge in [0.2, 0.25) is 0 Å². The number of hydrogen-bond donors (Lipinski definition) is 3. The summed E-state index contributed by atoms with van der Waals surface area (Å²) in [5.41, 5.74) is 3.36. The Kier molecular flexibility index (Phi) is 3.30. The summed E-state index contributed by atoms with van der Waals surface area (Å²) in [7, 11) is 0. The van der Waals surface area contributed by atoms with Gasteiger partial charge in [0.15, 0.2) is 0 Å². The van der Waals surface area contributed by atoms with Crippen LogP contribution in [0.3, 0.4) is 0 Å². The Morgan fingerprint density at radius 1 is 1.38 bits per heavy atom. The SMILES string of the molecule is Cc1n[nH]c(C)c1CNC1(CO)CCCC1. The fourth-order valence-corrected chi connectivity index (χ4v) is 2.55. The lowest BCUT2D eigenvalue weighted by molar-refractivity contribution is 0.163. The van der Waals surface area contributed by atoms with Crippen LogP contribution in [-0.4, -0.2) is 27.4 Å². The number of nitrogens with one attached hydrogen (secondary N) is 2. The molecule has 0 saturated heterocycles. The van der Waals surface area contributed by atoms with Gasteiger partial charge >= 0.3 is 0 Å². The average Bonchev–Trinajstić information content (AvgIpc) is 2.86. The molecule has 4 nitrogen and oxygen atoms in total. The normalized spacial score (nSPS) is 19.2. The number of hydrogen-bond acceptors (Lipinski definition) is 3. The molecule has 1 saturated carbocycles. The summed E-state index contributed by atoms with van der Waals surface area (Å²) in [6, 6.07) is 0. The fraction of sp³-hybridized carbons (Fsp3) is 0.750. The van der Waals surface area contributed by atoms with Crippen LogP contribution in [0.1, 0.15) is 42.6 Å². The first kappa shape index (κ1) is 11.6. The Labute approximate surface area is 96.5 Å². The maximum absolute atomic E-state index is 9.50. The molecule has 0 unspecified atom stereocenters. The second-order valence-corrected chi connectivity index (χ2v) is 4.91. The van der Waals surface area contributed by atoms with E-state index in [0.717, 1.165) is 30.8 Å². The lowest BCUT2D eigenvalue weighted by atomic mass is 9.98. The molecule has 0 aliphatic heterocycles. The van der Waals surface area contributed by atoms with Crippen LogP contribution in [-0.2, 0) is 6.54 Å². The molecule has 1 aliphatic carbocycles. The van der Waals surface area contributed by atoms with E-state index in [4.69, 9.17) is 0 Å². The standard InChI is InChI=1S/C12H21N3O/c1-9-11(10(2)15-14-9)7-13-12(8-16)5-3-4-6-12/h13,16H,3-8H2,1-2H3,(H,14,15). The largest absolute Gasteiger partial charge is 0.394 e. The molecule has 1 aromatic heterocycles. The minimum absolute atomic E-state index is 0.0455. The van der Waals surface area contributed by atoms with Gasteiger partial charge in [-0.1, -0.05) is 12.8 Å². The first-order valence-corrected chi connectivity index (χ1v) is 6.03. The van der Waals surface area contributed by atoms with Gasteiger partial charge in [-0.15, -0.1) is 0 Å². The number of rotatable bonds is 4. The van der Waals surface area contributed by atoms with Crippen molar-refractivity contribution in [3.8, 4) is 0 Å². The van der Waals surface area contributed by atoms with E-state index in [0.29, 0.717) is 0 Å². The molecule has 1 fully saturated rings. The van der Waals surface area contributed by atoms with Gasteiger partial charge in [-0.3, -0.25) is 5.10 Å². The molecule has 90 valence electrons. The zero-order valence-electron chi connectivity index (χ0n) is 10.1. The summed E-state index contributed by atoms with van der Waals surface area (Å²) >= 11 is 0. The zero-order chi connectivity index (χ0) is 11.6.